The van der Waals surface area contributed by atoms with Crippen LogP contribution in [0.5, 0.6) is 0 Å². The number of unbranched alkanes of at least 4 members (excludes halogenated alkanes) is 1. The van der Waals surface area contributed by atoms with Gasteiger partial charge in [-0.3, -0.25) is 0 Å². The number of anilines is 2. The van der Waals surface area contributed by atoms with Crippen molar-refractivity contribution in [3.8, 4) is 0 Å². The summed E-state index contributed by atoms with van der Waals surface area (Å²) in [5.74, 6) is -0.799. The minimum atomic E-state index is -0.625. The van der Waals surface area contributed by atoms with Crippen molar-refractivity contribution >= 4 is 11.6 Å². The molecule has 0 bridgehead atoms. The van der Waals surface area contributed by atoms with Gasteiger partial charge in [-0.15, -0.1) is 0 Å². The number of hydrogen-bond donors (Lipinski definition) is 1. The van der Waals surface area contributed by atoms with E-state index in [2.05, 4.69) is 17.2 Å². The molecule has 1 N–H and O–H groups in total. The molecule has 0 aliphatic rings. The number of nitrogens with zero attached hydrogens (tertiary/aromatic N) is 2. The average Bonchev–Trinajstić information content (AvgIpc) is 2.79. The maximum absolute atomic E-state index is 13.5. The molecule has 3 nitrogen and oxygen atoms in total. The Morgan fingerprint density at radius 2 is 2.00 bits per heavy atom. The third-order valence-electron chi connectivity index (χ3n) is 2.67. The number of aromatic nitrogens is 2. The van der Waals surface area contributed by atoms with E-state index in [-0.39, 0.29) is 5.69 Å². The quantitative estimate of drug-likeness (QED) is 0.878. The Labute approximate surface area is 104 Å². The molecule has 18 heavy (non-hydrogen) atoms. The van der Waals surface area contributed by atoms with E-state index in [1.807, 2.05) is 4.57 Å². The number of halogens is 2. The summed E-state index contributed by atoms with van der Waals surface area (Å²) in [6.07, 6.45) is 5.43. The molecule has 0 fully saturated rings. The number of hydrogen-bond acceptors (Lipinski definition) is 2. The lowest BCUT2D eigenvalue weighted by Crippen LogP contribution is -2.05. The van der Waals surface area contributed by atoms with Crippen LogP contribution in [0, 0.1) is 11.6 Å². The lowest BCUT2D eigenvalue weighted by atomic mass is 10.3. The minimum absolute atomic E-state index is 0.165. The molecule has 5 heteroatoms. The highest BCUT2D eigenvalue weighted by Gasteiger charge is 2.11. The van der Waals surface area contributed by atoms with Gasteiger partial charge in [0.15, 0.2) is 0 Å². The first kappa shape index (κ1) is 12.5. The molecule has 0 aliphatic carbocycles. The number of benzene rings is 1. The summed E-state index contributed by atoms with van der Waals surface area (Å²) >= 11 is 0. The van der Waals surface area contributed by atoms with Crippen LogP contribution in [0.3, 0.4) is 0 Å². The maximum atomic E-state index is 13.5. The van der Waals surface area contributed by atoms with Crippen LogP contribution in [0.1, 0.15) is 19.8 Å². The van der Waals surface area contributed by atoms with Gasteiger partial charge in [-0.1, -0.05) is 19.4 Å². The highest BCUT2D eigenvalue weighted by atomic mass is 19.1. The van der Waals surface area contributed by atoms with E-state index in [9.17, 15) is 8.78 Å². The summed E-state index contributed by atoms with van der Waals surface area (Å²) in [6.45, 7) is 2.86. The molecule has 0 unspecified atom stereocenters. The molecule has 96 valence electrons. The zero-order chi connectivity index (χ0) is 13.0. The van der Waals surface area contributed by atoms with Crippen LogP contribution >= 0.6 is 0 Å². The molecule has 2 rings (SSSR count). The van der Waals surface area contributed by atoms with Gasteiger partial charge in [0.05, 0.1) is 0 Å². The van der Waals surface area contributed by atoms with Gasteiger partial charge >= 0.3 is 0 Å². The Kier molecular flexibility index (Phi) is 3.92. The SMILES string of the molecule is CCCCn1ccnc1Nc1c(F)cccc1F. The van der Waals surface area contributed by atoms with Gasteiger partial charge in [-0.2, -0.15) is 0 Å². The fourth-order valence-corrected chi connectivity index (χ4v) is 1.67. The number of para-hydroxylation sites is 1. The molecule has 0 amide bonds. The van der Waals surface area contributed by atoms with Gasteiger partial charge in [-0.05, 0) is 18.6 Å². The maximum Gasteiger partial charge on any atom is 0.207 e. The summed E-state index contributed by atoms with van der Waals surface area (Å²) in [7, 11) is 0. The molecule has 1 heterocycles. The second kappa shape index (κ2) is 5.62. The minimum Gasteiger partial charge on any atom is -0.321 e. The second-order valence-electron chi connectivity index (χ2n) is 4.02. The van der Waals surface area contributed by atoms with E-state index in [1.54, 1.807) is 12.4 Å². The molecule has 0 radical (unpaired) electrons. The predicted molar refractivity (Wildman–Crippen MR) is 66.8 cm³/mol. The number of nitrogens with one attached hydrogen (secondary N) is 1. The molecular formula is C13H15F2N3. The van der Waals surface area contributed by atoms with Crippen LogP contribution < -0.4 is 5.32 Å². The molecule has 0 saturated heterocycles. The molecule has 2 aromatic rings. The zero-order valence-electron chi connectivity index (χ0n) is 10.2. The Hall–Kier alpha value is -1.91. The monoisotopic (exact) mass is 251 g/mol. The van der Waals surface area contributed by atoms with Crippen molar-refractivity contribution in [3.63, 3.8) is 0 Å². The summed E-state index contributed by atoms with van der Waals surface area (Å²) < 4.78 is 28.8. The van der Waals surface area contributed by atoms with Crippen molar-refractivity contribution in [2.75, 3.05) is 5.32 Å². The lowest BCUT2D eigenvalue weighted by molar-refractivity contribution is 0.588. The van der Waals surface area contributed by atoms with E-state index < -0.39 is 11.6 Å². The first-order valence-electron chi connectivity index (χ1n) is 5.94. The molecule has 1 aromatic heterocycles. The lowest BCUT2D eigenvalue weighted by Gasteiger charge is -2.10. The van der Waals surface area contributed by atoms with Crippen LogP contribution in [-0.2, 0) is 6.54 Å². The number of imidazole rings is 1. The van der Waals surface area contributed by atoms with Gasteiger partial charge in [0, 0.05) is 18.9 Å². The Morgan fingerprint density at radius 3 is 2.67 bits per heavy atom. The van der Waals surface area contributed by atoms with Gasteiger partial charge in [0.2, 0.25) is 5.95 Å². The zero-order valence-corrected chi connectivity index (χ0v) is 10.2. The first-order valence-corrected chi connectivity index (χ1v) is 5.94. The van der Waals surface area contributed by atoms with Gasteiger partial charge in [-0.25, -0.2) is 13.8 Å². The van der Waals surface area contributed by atoms with Crippen LogP contribution in [0.4, 0.5) is 20.4 Å². The van der Waals surface area contributed by atoms with E-state index in [0.717, 1.165) is 19.4 Å². The molecule has 0 atom stereocenters. The highest BCUT2D eigenvalue weighted by molar-refractivity contribution is 5.55. The summed E-state index contributed by atoms with van der Waals surface area (Å²) in [6, 6.07) is 3.76. The van der Waals surface area contributed by atoms with Crippen molar-refractivity contribution in [3.05, 3.63) is 42.2 Å². The van der Waals surface area contributed by atoms with Crippen LogP contribution in [0.25, 0.3) is 0 Å². The van der Waals surface area contributed by atoms with Crippen molar-refractivity contribution in [1.82, 2.24) is 9.55 Å². The van der Waals surface area contributed by atoms with E-state index in [0.29, 0.717) is 5.95 Å². The van der Waals surface area contributed by atoms with E-state index in [1.165, 1.54) is 18.2 Å². The normalized spacial score (nSPS) is 10.6. The van der Waals surface area contributed by atoms with Crippen molar-refractivity contribution in [2.45, 2.75) is 26.3 Å². The second-order valence-corrected chi connectivity index (χ2v) is 4.02. The largest absolute Gasteiger partial charge is 0.321 e. The van der Waals surface area contributed by atoms with Crippen LogP contribution in [0.15, 0.2) is 30.6 Å². The number of rotatable bonds is 5. The van der Waals surface area contributed by atoms with Gasteiger partial charge < -0.3 is 9.88 Å². The Balaban J connectivity index is 2.21. The number of aryl methyl sites for hydroxylation is 1. The first-order chi connectivity index (χ1) is 8.72. The standard InChI is InChI=1S/C13H15F2N3/c1-2-3-8-18-9-7-16-13(18)17-12-10(14)5-4-6-11(12)15/h4-7,9H,2-3,8H2,1H3,(H,16,17). The predicted octanol–water partition coefficient (Wildman–Crippen LogP) is 3.71. The fourth-order valence-electron chi connectivity index (χ4n) is 1.67. The summed E-state index contributed by atoms with van der Waals surface area (Å²) in [5, 5.41) is 2.70. The third-order valence-corrected chi connectivity index (χ3v) is 2.67. The van der Waals surface area contributed by atoms with E-state index in [4.69, 9.17) is 0 Å². The topological polar surface area (TPSA) is 29.9 Å². The Bertz CT molecular complexity index is 502. The van der Waals surface area contributed by atoms with Crippen molar-refractivity contribution in [2.24, 2.45) is 0 Å². The fraction of sp³-hybridized carbons (Fsp3) is 0.308. The summed E-state index contributed by atoms with van der Waals surface area (Å²) in [5.41, 5.74) is -0.165. The highest BCUT2D eigenvalue weighted by Crippen LogP contribution is 2.22. The smallest absolute Gasteiger partial charge is 0.207 e. The third kappa shape index (κ3) is 2.67. The molecule has 0 aliphatic heterocycles. The van der Waals surface area contributed by atoms with Crippen molar-refractivity contribution in [1.29, 1.82) is 0 Å². The van der Waals surface area contributed by atoms with Gasteiger partial charge in [0.25, 0.3) is 0 Å². The molecule has 0 saturated carbocycles. The Morgan fingerprint density at radius 1 is 1.28 bits per heavy atom. The van der Waals surface area contributed by atoms with Crippen LogP contribution in [-0.4, -0.2) is 9.55 Å². The molecule has 1 aromatic carbocycles. The van der Waals surface area contributed by atoms with Crippen molar-refractivity contribution < 1.29 is 8.78 Å². The van der Waals surface area contributed by atoms with Crippen LogP contribution in [0.2, 0.25) is 0 Å². The average molecular weight is 251 g/mol. The van der Waals surface area contributed by atoms with E-state index >= 15 is 0 Å². The summed E-state index contributed by atoms with van der Waals surface area (Å²) in [4.78, 5) is 4.07. The van der Waals surface area contributed by atoms with Gasteiger partial charge in [0.1, 0.15) is 17.3 Å². The molecular weight excluding hydrogens is 236 g/mol. The molecule has 0 spiro atoms.